The molecule has 0 amide bonds. The van der Waals surface area contributed by atoms with Crippen molar-refractivity contribution in [3.63, 3.8) is 0 Å². The number of aliphatic imine (C=N–C) groups is 1. The minimum absolute atomic E-state index is 0.772. The van der Waals surface area contributed by atoms with E-state index in [4.69, 9.17) is 9.73 Å². The van der Waals surface area contributed by atoms with Crippen LogP contribution in [-0.4, -0.2) is 50.3 Å². The molecule has 0 bridgehead atoms. The number of guanidine groups is 1. The second kappa shape index (κ2) is 10.4. The standard InChI is InChI=1S/C22H33N3O/c1-2-23-22(24-13-8-19-11-16-26-17-12-19)25-14-9-21(10-15-25)18-20-6-4-3-5-7-20/h3-7,11,21H,2,8-10,12-18H2,1H3,(H,23,24). The van der Waals surface area contributed by atoms with Crippen molar-refractivity contribution in [3.05, 3.63) is 47.5 Å². The molecule has 4 nitrogen and oxygen atoms in total. The molecule has 0 radical (unpaired) electrons. The van der Waals surface area contributed by atoms with E-state index in [1.54, 1.807) is 0 Å². The SMILES string of the molecule is CCNC(=NCCC1=CCOCC1)N1CCC(Cc2ccccc2)CC1. The highest BCUT2D eigenvalue weighted by atomic mass is 16.5. The van der Waals surface area contributed by atoms with E-state index in [0.29, 0.717) is 0 Å². The minimum Gasteiger partial charge on any atom is -0.377 e. The van der Waals surface area contributed by atoms with Crippen molar-refractivity contribution in [2.24, 2.45) is 10.9 Å². The summed E-state index contributed by atoms with van der Waals surface area (Å²) in [6.45, 7) is 7.81. The third-order valence-corrected chi connectivity index (χ3v) is 5.37. The van der Waals surface area contributed by atoms with E-state index in [1.165, 1.54) is 30.4 Å². The minimum atomic E-state index is 0.772. The Morgan fingerprint density at radius 3 is 2.73 bits per heavy atom. The van der Waals surface area contributed by atoms with Crippen LogP contribution in [0.5, 0.6) is 0 Å². The van der Waals surface area contributed by atoms with Crippen LogP contribution < -0.4 is 5.32 Å². The summed E-state index contributed by atoms with van der Waals surface area (Å²) < 4.78 is 5.38. The normalized spacial score (nSPS) is 19.3. The van der Waals surface area contributed by atoms with Crippen LogP contribution in [0.25, 0.3) is 0 Å². The summed E-state index contributed by atoms with van der Waals surface area (Å²) in [5, 5.41) is 3.49. The fourth-order valence-corrected chi connectivity index (χ4v) is 3.82. The van der Waals surface area contributed by atoms with Crippen molar-refractivity contribution in [2.45, 2.75) is 39.0 Å². The molecular weight excluding hydrogens is 322 g/mol. The van der Waals surface area contributed by atoms with Crippen LogP contribution in [0.3, 0.4) is 0 Å². The molecule has 0 saturated carbocycles. The molecule has 142 valence electrons. The van der Waals surface area contributed by atoms with Gasteiger partial charge in [-0.05, 0) is 50.5 Å². The first-order valence-corrected chi connectivity index (χ1v) is 10.2. The van der Waals surface area contributed by atoms with Crippen LogP contribution in [0, 0.1) is 5.92 Å². The van der Waals surface area contributed by atoms with E-state index in [-0.39, 0.29) is 0 Å². The quantitative estimate of drug-likeness (QED) is 0.481. The van der Waals surface area contributed by atoms with Gasteiger partial charge < -0.3 is 15.0 Å². The zero-order valence-corrected chi connectivity index (χ0v) is 16.1. The van der Waals surface area contributed by atoms with Gasteiger partial charge in [-0.3, -0.25) is 4.99 Å². The van der Waals surface area contributed by atoms with Crippen LogP contribution in [0.15, 0.2) is 47.0 Å². The van der Waals surface area contributed by atoms with Gasteiger partial charge in [0.25, 0.3) is 0 Å². The lowest BCUT2D eigenvalue weighted by molar-refractivity contribution is 0.153. The number of benzene rings is 1. The van der Waals surface area contributed by atoms with Gasteiger partial charge in [0, 0.05) is 26.2 Å². The van der Waals surface area contributed by atoms with Crippen molar-refractivity contribution in [1.82, 2.24) is 10.2 Å². The van der Waals surface area contributed by atoms with Gasteiger partial charge in [-0.1, -0.05) is 42.0 Å². The Morgan fingerprint density at radius 1 is 1.23 bits per heavy atom. The molecule has 4 heteroatoms. The van der Waals surface area contributed by atoms with Crippen molar-refractivity contribution in [2.75, 3.05) is 39.4 Å². The van der Waals surface area contributed by atoms with Crippen LogP contribution in [-0.2, 0) is 11.2 Å². The summed E-state index contributed by atoms with van der Waals surface area (Å²) in [6.07, 6.45) is 8.06. The topological polar surface area (TPSA) is 36.9 Å². The zero-order chi connectivity index (χ0) is 18.0. The first-order chi connectivity index (χ1) is 12.8. The highest BCUT2D eigenvalue weighted by Crippen LogP contribution is 2.22. The highest BCUT2D eigenvalue weighted by molar-refractivity contribution is 5.80. The fraction of sp³-hybridized carbons (Fsp3) is 0.591. The van der Waals surface area contributed by atoms with E-state index in [9.17, 15) is 0 Å². The molecule has 2 aliphatic heterocycles. The summed E-state index contributed by atoms with van der Waals surface area (Å²) in [5.41, 5.74) is 2.97. The molecule has 0 atom stereocenters. The monoisotopic (exact) mass is 355 g/mol. The first-order valence-electron chi connectivity index (χ1n) is 10.2. The van der Waals surface area contributed by atoms with E-state index in [0.717, 1.165) is 64.1 Å². The smallest absolute Gasteiger partial charge is 0.193 e. The predicted octanol–water partition coefficient (Wildman–Crippen LogP) is 3.64. The number of nitrogens with zero attached hydrogens (tertiary/aromatic N) is 2. The molecule has 3 rings (SSSR count). The third-order valence-electron chi connectivity index (χ3n) is 5.37. The summed E-state index contributed by atoms with van der Waals surface area (Å²) in [4.78, 5) is 7.34. The fourth-order valence-electron chi connectivity index (χ4n) is 3.82. The Balaban J connectivity index is 1.47. The Morgan fingerprint density at radius 2 is 2.04 bits per heavy atom. The second-order valence-electron chi connectivity index (χ2n) is 7.29. The lowest BCUT2D eigenvalue weighted by atomic mass is 9.90. The number of hydrogen-bond donors (Lipinski definition) is 1. The highest BCUT2D eigenvalue weighted by Gasteiger charge is 2.21. The maximum absolute atomic E-state index is 5.38. The first kappa shape index (κ1) is 19.0. The van der Waals surface area contributed by atoms with E-state index in [2.05, 4.69) is 53.5 Å². The number of hydrogen-bond acceptors (Lipinski definition) is 2. The van der Waals surface area contributed by atoms with Crippen molar-refractivity contribution in [3.8, 4) is 0 Å². The van der Waals surface area contributed by atoms with Gasteiger partial charge in [-0.25, -0.2) is 0 Å². The zero-order valence-electron chi connectivity index (χ0n) is 16.1. The number of piperidine rings is 1. The molecule has 2 heterocycles. The van der Waals surface area contributed by atoms with Gasteiger partial charge in [0.1, 0.15) is 0 Å². The molecule has 1 saturated heterocycles. The van der Waals surface area contributed by atoms with Gasteiger partial charge >= 0.3 is 0 Å². The van der Waals surface area contributed by atoms with Crippen LogP contribution in [0.1, 0.15) is 38.2 Å². The summed E-state index contributed by atoms with van der Waals surface area (Å²) in [7, 11) is 0. The molecule has 0 aliphatic carbocycles. The van der Waals surface area contributed by atoms with Crippen molar-refractivity contribution >= 4 is 5.96 Å². The lowest BCUT2D eigenvalue weighted by Crippen LogP contribution is -2.46. The number of rotatable bonds is 6. The lowest BCUT2D eigenvalue weighted by Gasteiger charge is -2.34. The van der Waals surface area contributed by atoms with Crippen LogP contribution in [0.4, 0.5) is 0 Å². The molecule has 0 aromatic heterocycles. The average molecular weight is 356 g/mol. The average Bonchev–Trinajstić information content (AvgIpc) is 2.70. The maximum atomic E-state index is 5.38. The molecule has 0 unspecified atom stereocenters. The molecule has 0 spiro atoms. The molecule has 1 aromatic carbocycles. The van der Waals surface area contributed by atoms with Gasteiger partial charge in [-0.15, -0.1) is 0 Å². The van der Waals surface area contributed by atoms with Crippen LogP contribution >= 0.6 is 0 Å². The maximum Gasteiger partial charge on any atom is 0.193 e. The predicted molar refractivity (Wildman–Crippen MR) is 109 cm³/mol. The Hall–Kier alpha value is -1.81. The third kappa shape index (κ3) is 5.87. The molecule has 1 N–H and O–H groups in total. The van der Waals surface area contributed by atoms with Gasteiger partial charge in [0.05, 0.1) is 13.2 Å². The summed E-state index contributed by atoms with van der Waals surface area (Å²) in [5.74, 6) is 1.89. The summed E-state index contributed by atoms with van der Waals surface area (Å²) in [6, 6.07) is 10.9. The number of ether oxygens (including phenoxy) is 1. The van der Waals surface area contributed by atoms with Gasteiger partial charge in [-0.2, -0.15) is 0 Å². The van der Waals surface area contributed by atoms with E-state index in [1.807, 2.05) is 0 Å². The molecule has 2 aliphatic rings. The number of nitrogens with one attached hydrogen (secondary N) is 1. The molecular formula is C22H33N3O. The van der Waals surface area contributed by atoms with Gasteiger partial charge in [0.15, 0.2) is 5.96 Å². The largest absolute Gasteiger partial charge is 0.377 e. The van der Waals surface area contributed by atoms with Crippen molar-refractivity contribution in [1.29, 1.82) is 0 Å². The van der Waals surface area contributed by atoms with Crippen LogP contribution in [0.2, 0.25) is 0 Å². The number of likely N-dealkylation sites (tertiary alicyclic amines) is 1. The Bertz CT molecular complexity index is 589. The van der Waals surface area contributed by atoms with Crippen molar-refractivity contribution < 1.29 is 4.74 Å². The second-order valence-corrected chi connectivity index (χ2v) is 7.29. The molecule has 1 fully saturated rings. The molecule has 26 heavy (non-hydrogen) atoms. The summed E-state index contributed by atoms with van der Waals surface area (Å²) >= 11 is 0. The van der Waals surface area contributed by atoms with E-state index >= 15 is 0 Å². The molecule has 1 aromatic rings. The Labute approximate surface area is 158 Å². The van der Waals surface area contributed by atoms with Gasteiger partial charge in [0.2, 0.25) is 0 Å². The van der Waals surface area contributed by atoms with E-state index < -0.39 is 0 Å². The Kier molecular flexibility index (Phi) is 7.56.